The second-order valence-electron chi connectivity index (χ2n) is 13.5. The highest BCUT2D eigenvalue weighted by atomic mass is 32.2. The van der Waals surface area contributed by atoms with Crippen molar-refractivity contribution in [2.24, 2.45) is 46.3 Å². The lowest BCUT2D eigenvalue weighted by atomic mass is 9.41. The maximum atomic E-state index is 13.9. The summed E-state index contributed by atoms with van der Waals surface area (Å²) in [5.41, 5.74) is 0.293. The van der Waals surface area contributed by atoms with Gasteiger partial charge in [-0.1, -0.05) is 39.3 Å². The van der Waals surface area contributed by atoms with E-state index in [2.05, 4.69) is 20.8 Å². The smallest absolute Gasteiger partial charge is 0.421 e. The fraction of sp³-hybridized carbons (Fsp3) is 0.774. The molecule has 1 aromatic rings. The number of hydrogen-bond acceptors (Lipinski definition) is 6. The van der Waals surface area contributed by atoms with E-state index in [9.17, 15) is 27.8 Å². The van der Waals surface area contributed by atoms with Crippen LogP contribution in [0.2, 0.25) is 0 Å². The van der Waals surface area contributed by atoms with Crippen molar-refractivity contribution in [3.05, 3.63) is 30.1 Å². The monoisotopic (exact) mass is 579 g/mol. The largest absolute Gasteiger partial charge is 0.449 e. The summed E-state index contributed by atoms with van der Waals surface area (Å²) in [6.07, 6.45) is 7.89. The van der Waals surface area contributed by atoms with Gasteiger partial charge in [0.1, 0.15) is 10.7 Å². The zero-order chi connectivity index (χ0) is 28.9. The van der Waals surface area contributed by atoms with E-state index < -0.39 is 26.8 Å². The van der Waals surface area contributed by atoms with Gasteiger partial charge in [-0.3, -0.25) is 0 Å². The number of benzene rings is 1. The number of amides is 1. The Morgan fingerprint density at radius 1 is 1.05 bits per heavy atom. The third kappa shape index (κ3) is 5.08. The lowest BCUT2D eigenvalue weighted by Gasteiger charge is -2.64. The van der Waals surface area contributed by atoms with Crippen molar-refractivity contribution >= 4 is 16.1 Å². The molecule has 4 aliphatic carbocycles. The van der Waals surface area contributed by atoms with E-state index >= 15 is 0 Å². The van der Waals surface area contributed by atoms with Gasteiger partial charge in [0, 0.05) is 0 Å². The number of aliphatic hydroxyl groups is 2. The minimum Gasteiger partial charge on any atom is -0.449 e. The molecular formula is C31H46FNO6S. The SMILES string of the molecule is CC[C@H]1[C@@H](O)[C@@H]2[C@H](CC[C@]3(C)[C@@H](CCCOC(=O)NS(=O)(=O)c4ccccc4F)CC[C@@H]23)[C@@]2(C)CC[C@@H](O)C[C@@H]12. The van der Waals surface area contributed by atoms with Crippen molar-refractivity contribution < 1.29 is 32.6 Å². The highest BCUT2D eigenvalue weighted by Crippen LogP contribution is 2.69. The number of hydrogen-bond donors (Lipinski definition) is 3. The number of ether oxygens (including phenoxy) is 1. The minimum atomic E-state index is -4.35. The van der Waals surface area contributed by atoms with Gasteiger partial charge in [0.05, 0.1) is 18.8 Å². The minimum absolute atomic E-state index is 0.0878. The average Bonchev–Trinajstić information content (AvgIpc) is 3.24. The average molecular weight is 580 g/mol. The molecule has 4 saturated carbocycles. The third-order valence-corrected chi connectivity index (χ3v) is 13.2. The number of sulfonamides is 1. The Hall–Kier alpha value is -1.71. The molecule has 0 radical (unpaired) electrons. The number of carbonyl (C=O) groups is 1. The number of carbonyl (C=O) groups excluding carboxylic acids is 1. The number of nitrogens with one attached hydrogen (secondary N) is 1. The Morgan fingerprint density at radius 3 is 2.48 bits per heavy atom. The first-order valence-electron chi connectivity index (χ1n) is 15.2. The van der Waals surface area contributed by atoms with Crippen molar-refractivity contribution in [3.8, 4) is 0 Å². The maximum absolute atomic E-state index is 13.9. The van der Waals surface area contributed by atoms with Crippen molar-refractivity contribution in [2.45, 2.75) is 102 Å². The molecule has 0 spiro atoms. The van der Waals surface area contributed by atoms with Gasteiger partial charge in [-0.15, -0.1) is 0 Å². The predicted molar refractivity (Wildman–Crippen MR) is 149 cm³/mol. The van der Waals surface area contributed by atoms with Crippen LogP contribution in [0.1, 0.15) is 85.0 Å². The zero-order valence-corrected chi connectivity index (χ0v) is 24.8. The zero-order valence-electron chi connectivity index (χ0n) is 24.0. The molecule has 4 fully saturated rings. The topological polar surface area (TPSA) is 113 Å². The molecule has 0 unspecified atom stereocenters. The standard InChI is InChI=1S/C31H46FNO6S/c1-4-21-24-18-20(34)13-15-31(24,3)23-14-16-30(2)19(11-12-22(30)27(23)28(21)35)8-7-17-39-29(36)33-40(37,38)26-10-6-5-9-25(26)32/h5-6,9-10,19-24,27-28,34-35H,4,7-8,11-18H2,1-3H3,(H,33,36)/t19-,20+,21+,22-,23-,24-,27-,28+,30+,31+/m0/s1. The maximum Gasteiger partial charge on any atom is 0.421 e. The number of halogens is 1. The van der Waals surface area contributed by atoms with E-state index in [0.717, 1.165) is 69.9 Å². The van der Waals surface area contributed by atoms with Gasteiger partial charge in [-0.2, -0.15) is 0 Å². The van der Waals surface area contributed by atoms with Gasteiger partial charge in [0.2, 0.25) is 0 Å². The van der Waals surface area contributed by atoms with Crippen molar-refractivity contribution in [1.29, 1.82) is 0 Å². The fourth-order valence-corrected chi connectivity index (χ4v) is 10.9. The van der Waals surface area contributed by atoms with Crippen LogP contribution in [0.5, 0.6) is 0 Å². The lowest BCUT2D eigenvalue weighted by Crippen LogP contribution is -2.62. The first-order valence-corrected chi connectivity index (χ1v) is 16.7. The normalized spacial score (nSPS) is 41.0. The molecular weight excluding hydrogens is 533 g/mol. The molecule has 1 aromatic carbocycles. The van der Waals surface area contributed by atoms with Crippen LogP contribution in [-0.4, -0.2) is 43.5 Å². The molecule has 0 bridgehead atoms. The highest BCUT2D eigenvalue weighted by Gasteiger charge is 2.64. The summed E-state index contributed by atoms with van der Waals surface area (Å²) in [4.78, 5) is 11.6. The van der Waals surface area contributed by atoms with Crippen molar-refractivity contribution in [3.63, 3.8) is 0 Å². The van der Waals surface area contributed by atoms with E-state index in [4.69, 9.17) is 4.74 Å². The molecule has 1 amide bonds. The molecule has 0 saturated heterocycles. The molecule has 3 N–H and O–H groups in total. The van der Waals surface area contributed by atoms with E-state index in [1.807, 2.05) is 0 Å². The summed E-state index contributed by atoms with van der Waals surface area (Å²) >= 11 is 0. The Balaban J connectivity index is 1.19. The van der Waals surface area contributed by atoms with Gasteiger partial charge >= 0.3 is 6.09 Å². The number of aliphatic hydroxyl groups excluding tert-OH is 2. The molecule has 40 heavy (non-hydrogen) atoms. The summed E-state index contributed by atoms with van der Waals surface area (Å²) in [6, 6.07) is 4.89. The Labute approximate surface area is 238 Å². The van der Waals surface area contributed by atoms with E-state index in [0.29, 0.717) is 30.1 Å². The van der Waals surface area contributed by atoms with Gasteiger partial charge in [-0.25, -0.2) is 22.3 Å². The van der Waals surface area contributed by atoms with Crippen LogP contribution in [-0.2, 0) is 14.8 Å². The second-order valence-corrected chi connectivity index (χ2v) is 15.2. The van der Waals surface area contributed by atoms with Gasteiger partial charge in [0.15, 0.2) is 0 Å². The van der Waals surface area contributed by atoms with Gasteiger partial charge < -0.3 is 14.9 Å². The Bertz CT molecular complexity index is 1190. The first kappa shape index (κ1) is 29.8. The lowest BCUT2D eigenvalue weighted by molar-refractivity contribution is -0.202. The first-order chi connectivity index (χ1) is 18.9. The molecule has 0 heterocycles. The Morgan fingerprint density at radius 2 is 1.75 bits per heavy atom. The third-order valence-electron chi connectivity index (χ3n) is 11.9. The quantitative estimate of drug-likeness (QED) is 0.360. The van der Waals surface area contributed by atoms with E-state index in [1.54, 1.807) is 4.72 Å². The van der Waals surface area contributed by atoms with Crippen LogP contribution in [0.4, 0.5) is 9.18 Å². The fourth-order valence-electron chi connectivity index (χ4n) is 9.89. The van der Waals surface area contributed by atoms with E-state index in [-0.39, 0.29) is 41.5 Å². The van der Waals surface area contributed by atoms with Crippen LogP contribution in [0.15, 0.2) is 29.2 Å². The number of rotatable bonds is 7. The summed E-state index contributed by atoms with van der Waals surface area (Å²) in [5, 5.41) is 22.3. The highest BCUT2D eigenvalue weighted by molar-refractivity contribution is 7.90. The second kappa shape index (κ2) is 11.2. The predicted octanol–water partition coefficient (Wildman–Crippen LogP) is 5.65. The summed E-state index contributed by atoms with van der Waals surface area (Å²) in [7, 11) is -4.35. The molecule has 9 heteroatoms. The van der Waals surface area contributed by atoms with E-state index in [1.165, 1.54) is 12.1 Å². The molecule has 0 aromatic heterocycles. The molecule has 10 atom stereocenters. The van der Waals surface area contributed by atoms with Crippen LogP contribution in [0, 0.1) is 52.2 Å². The molecule has 224 valence electrons. The van der Waals surface area contributed by atoms with Gasteiger partial charge in [-0.05, 0) is 116 Å². The summed E-state index contributed by atoms with van der Waals surface area (Å²) in [5.74, 6) is 1.37. The van der Waals surface area contributed by atoms with Crippen molar-refractivity contribution in [2.75, 3.05) is 6.61 Å². The van der Waals surface area contributed by atoms with Crippen molar-refractivity contribution in [1.82, 2.24) is 4.72 Å². The summed E-state index contributed by atoms with van der Waals surface area (Å²) < 4.78 is 45.5. The van der Waals surface area contributed by atoms with Crippen LogP contribution in [0.3, 0.4) is 0 Å². The molecule has 4 aliphatic rings. The van der Waals surface area contributed by atoms with Gasteiger partial charge in [0.25, 0.3) is 10.0 Å². The Kier molecular flexibility index (Phi) is 8.32. The molecule has 0 aliphatic heterocycles. The van der Waals surface area contributed by atoms with Crippen LogP contribution >= 0.6 is 0 Å². The molecule has 5 rings (SSSR count). The van der Waals surface area contributed by atoms with Crippen LogP contribution < -0.4 is 4.72 Å². The summed E-state index contributed by atoms with van der Waals surface area (Å²) in [6.45, 7) is 7.11. The number of fused-ring (bicyclic) bond motifs is 5. The molecule has 7 nitrogen and oxygen atoms in total. The van der Waals surface area contributed by atoms with Crippen LogP contribution in [0.25, 0.3) is 0 Å².